The van der Waals surface area contributed by atoms with Crippen molar-refractivity contribution in [1.82, 2.24) is 10.3 Å². The lowest BCUT2D eigenvalue weighted by Crippen LogP contribution is -2.44. The molecule has 0 aromatic carbocycles. The molecule has 1 heterocycles. The zero-order valence-electron chi connectivity index (χ0n) is 17.4. The second-order valence-corrected chi connectivity index (χ2v) is 8.28. The van der Waals surface area contributed by atoms with E-state index in [4.69, 9.17) is 9.47 Å². The summed E-state index contributed by atoms with van der Waals surface area (Å²) in [7, 11) is 0. The molecule has 0 aliphatic heterocycles. The average Bonchev–Trinajstić information content (AvgIpc) is 2.51. The van der Waals surface area contributed by atoms with Crippen LogP contribution in [-0.2, 0) is 25.5 Å². The molecule has 1 rings (SSSR count). The third-order valence-corrected chi connectivity index (χ3v) is 3.12. The summed E-state index contributed by atoms with van der Waals surface area (Å²) < 4.78 is 24.1. The van der Waals surface area contributed by atoms with E-state index in [0.717, 1.165) is 18.2 Å². The van der Waals surface area contributed by atoms with Crippen LogP contribution in [0, 0.1) is 5.82 Å². The number of halogens is 1. The first-order valence-electron chi connectivity index (χ1n) is 8.95. The predicted molar refractivity (Wildman–Crippen MR) is 104 cm³/mol. The van der Waals surface area contributed by atoms with Gasteiger partial charge in [-0.05, 0) is 59.8 Å². The van der Waals surface area contributed by atoms with E-state index >= 15 is 0 Å². The van der Waals surface area contributed by atoms with Crippen molar-refractivity contribution in [1.29, 1.82) is 0 Å². The summed E-state index contributed by atoms with van der Waals surface area (Å²) >= 11 is 0. The van der Waals surface area contributed by atoms with Crippen LogP contribution in [0.25, 0.3) is 6.08 Å². The number of carboxylic acid groups (broad SMARTS) is 1. The molecule has 0 aliphatic rings. The first-order valence-corrected chi connectivity index (χ1v) is 8.95. The van der Waals surface area contributed by atoms with Crippen LogP contribution in [0.5, 0.6) is 0 Å². The predicted octanol–water partition coefficient (Wildman–Crippen LogP) is 3.10. The number of rotatable bonds is 6. The Morgan fingerprint density at radius 1 is 1.14 bits per heavy atom. The maximum absolute atomic E-state index is 14.0. The number of aromatic nitrogens is 1. The first kappa shape index (κ1) is 24.1. The number of aliphatic carboxylic acids is 1. The lowest BCUT2D eigenvalue weighted by Gasteiger charge is -2.22. The van der Waals surface area contributed by atoms with E-state index in [9.17, 15) is 23.9 Å². The highest BCUT2D eigenvalue weighted by Crippen LogP contribution is 2.13. The molecule has 0 bridgehead atoms. The van der Waals surface area contributed by atoms with Gasteiger partial charge in [0.15, 0.2) is 0 Å². The van der Waals surface area contributed by atoms with Crippen LogP contribution < -0.4 is 5.32 Å². The second kappa shape index (κ2) is 9.49. The molecule has 0 fully saturated rings. The largest absolute Gasteiger partial charge is 0.480 e. The van der Waals surface area contributed by atoms with Gasteiger partial charge in [0.1, 0.15) is 23.1 Å². The standard InChI is InChI=1S/C20H27FN2O6/c1-19(2,3)28-16(24)10-9-14-13(21)8-7-12(22-14)11-15(17(25)26)23-18(27)29-20(4,5)6/h7-10,15H,11H2,1-6H3,(H,23,27)(H,25,26)/b10-9+. The Labute approximate surface area is 169 Å². The van der Waals surface area contributed by atoms with Gasteiger partial charge >= 0.3 is 18.0 Å². The van der Waals surface area contributed by atoms with Crippen molar-refractivity contribution >= 4 is 24.1 Å². The smallest absolute Gasteiger partial charge is 0.408 e. The number of carbonyl (C=O) groups excluding carboxylic acids is 2. The molecule has 1 amide bonds. The molecule has 29 heavy (non-hydrogen) atoms. The maximum atomic E-state index is 14.0. The minimum atomic E-state index is -1.33. The zero-order valence-corrected chi connectivity index (χ0v) is 17.4. The molecule has 2 N–H and O–H groups in total. The number of nitrogens with one attached hydrogen (secondary N) is 1. The lowest BCUT2D eigenvalue weighted by atomic mass is 10.1. The fourth-order valence-corrected chi connectivity index (χ4v) is 2.07. The molecule has 1 aromatic rings. The number of nitrogens with zero attached hydrogens (tertiary/aromatic N) is 1. The van der Waals surface area contributed by atoms with Gasteiger partial charge in [-0.1, -0.05) is 0 Å². The molecule has 0 saturated carbocycles. The quantitative estimate of drug-likeness (QED) is 0.547. The number of carboxylic acids is 1. The van der Waals surface area contributed by atoms with Gasteiger partial charge in [-0.15, -0.1) is 0 Å². The maximum Gasteiger partial charge on any atom is 0.408 e. The van der Waals surface area contributed by atoms with Crippen LogP contribution in [0.4, 0.5) is 9.18 Å². The third-order valence-electron chi connectivity index (χ3n) is 3.12. The van der Waals surface area contributed by atoms with Crippen molar-refractivity contribution in [3.8, 4) is 0 Å². The van der Waals surface area contributed by atoms with Crippen LogP contribution in [-0.4, -0.2) is 45.4 Å². The number of ether oxygens (including phenoxy) is 2. The molecule has 8 nitrogen and oxygen atoms in total. The highest BCUT2D eigenvalue weighted by molar-refractivity contribution is 5.87. The van der Waals surface area contributed by atoms with Gasteiger partial charge in [-0.3, -0.25) is 4.98 Å². The Hall–Kier alpha value is -2.97. The zero-order chi connectivity index (χ0) is 22.4. The molecular weight excluding hydrogens is 383 g/mol. The summed E-state index contributed by atoms with van der Waals surface area (Å²) in [5.41, 5.74) is -1.44. The van der Waals surface area contributed by atoms with E-state index in [-0.39, 0.29) is 17.8 Å². The van der Waals surface area contributed by atoms with Crippen molar-refractivity contribution in [3.05, 3.63) is 35.4 Å². The first-order chi connectivity index (χ1) is 13.2. The molecule has 0 saturated heterocycles. The van der Waals surface area contributed by atoms with Gasteiger partial charge in [0.05, 0.1) is 5.69 Å². The van der Waals surface area contributed by atoms with Gasteiger partial charge < -0.3 is 19.9 Å². The fraction of sp³-hybridized carbons (Fsp3) is 0.500. The summed E-state index contributed by atoms with van der Waals surface area (Å²) in [6, 6.07) is 1.07. The van der Waals surface area contributed by atoms with Gasteiger partial charge in [0.25, 0.3) is 0 Å². The van der Waals surface area contributed by atoms with Crippen LogP contribution in [0.2, 0.25) is 0 Å². The van der Waals surface area contributed by atoms with E-state index in [1.54, 1.807) is 41.5 Å². The number of hydrogen-bond donors (Lipinski definition) is 2. The number of carbonyl (C=O) groups is 3. The Balaban J connectivity index is 2.92. The van der Waals surface area contributed by atoms with Crippen molar-refractivity contribution < 1.29 is 33.4 Å². The monoisotopic (exact) mass is 410 g/mol. The summed E-state index contributed by atoms with van der Waals surface area (Å²) in [5, 5.41) is 11.6. The van der Waals surface area contributed by atoms with E-state index < -0.39 is 41.1 Å². The van der Waals surface area contributed by atoms with Crippen molar-refractivity contribution in [2.45, 2.75) is 65.2 Å². The topological polar surface area (TPSA) is 115 Å². The van der Waals surface area contributed by atoms with Crippen LogP contribution in [0.3, 0.4) is 0 Å². The Bertz CT molecular complexity index is 793. The van der Waals surface area contributed by atoms with E-state index in [0.29, 0.717) is 0 Å². The number of alkyl carbamates (subject to hydrolysis) is 1. The lowest BCUT2D eigenvalue weighted by molar-refractivity contribution is -0.148. The number of esters is 1. The molecule has 0 spiro atoms. The molecular formula is C20H27FN2O6. The third kappa shape index (κ3) is 9.68. The summed E-state index contributed by atoms with van der Waals surface area (Å²) in [5.74, 6) is -2.66. The molecule has 9 heteroatoms. The highest BCUT2D eigenvalue weighted by Gasteiger charge is 2.25. The van der Waals surface area contributed by atoms with E-state index in [1.807, 2.05) is 0 Å². The Kier molecular flexibility index (Phi) is 7.87. The molecule has 160 valence electrons. The molecule has 1 atom stereocenters. The minimum Gasteiger partial charge on any atom is -0.480 e. The minimum absolute atomic E-state index is 0.158. The highest BCUT2D eigenvalue weighted by atomic mass is 19.1. The van der Waals surface area contributed by atoms with Gasteiger partial charge in [-0.25, -0.2) is 18.8 Å². The molecule has 0 aliphatic carbocycles. The van der Waals surface area contributed by atoms with Crippen LogP contribution >= 0.6 is 0 Å². The van der Waals surface area contributed by atoms with Crippen molar-refractivity contribution in [2.75, 3.05) is 0 Å². The molecule has 1 aromatic heterocycles. The van der Waals surface area contributed by atoms with Crippen LogP contribution in [0.1, 0.15) is 52.9 Å². The fourth-order valence-electron chi connectivity index (χ4n) is 2.07. The normalized spacial score (nSPS) is 13.1. The SMILES string of the molecule is CC(C)(C)OC(=O)/C=C/c1nc(CC(NC(=O)OC(C)(C)C)C(=O)O)ccc1F. The molecule has 1 unspecified atom stereocenters. The number of amides is 1. The summed E-state index contributed by atoms with van der Waals surface area (Å²) in [4.78, 5) is 39.0. The average molecular weight is 410 g/mol. The van der Waals surface area contributed by atoms with Crippen molar-refractivity contribution in [3.63, 3.8) is 0 Å². The van der Waals surface area contributed by atoms with Crippen LogP contribution in [0.15, 0.2) is 18.2 Å². The second-order valence-electron chi connectivity index (χ2n) is 8.28. The van der Waals surface area contributed by atoms with E-state index in [2.05, 4.69) is 10.3 Å². The van der Waals surface area contributed by atoms with E-state index in [1.165, 1.54) is 6.07 Å². The summed E-state index contributed by atoms with van der Waals surface area (Å²) in [6.45, 7) is 10.0. The summed E-state index contributed by atoms with van der Waals surface area (Å²) in [6.07, 6.45) is 1.08. The van der Waals surface area contributed by atoms with Gasteiger partial charge in [0, 0.05) is 18.2 Å². The van der Waals surface area contributed by atoms with Crippen molar-refractivity contribution in [2.24, 2.45) is 0 Å². The molecule has 0 radical (unpaired) electrons. The Morgan fingerprint density at radius 3 is 2.24 bits per heavy atom. The Morgan fingerprint density at radius 2 is 1.72 bits per heavy atom. The van der Waals surface area contributed by atoms with Gasteiger partial charge in [-0.2, -0.15) is 0 Å². The number of hydrogen-bond acceptors (Lipinski definition) is 6. The number of pyridine rings is 1. The van der Waals surface area contributed by atoms with Gasteiger partial charge in [0.2, 0.25) is 0 Å².